The topological polar surface area (TPSA) is 89.3 Å². The Morgan fingerprint density at radius 3 is 2.75 bits per heavy atom. The monoisotopic (exact) mass is 220 g/mol. The van der Waals surface area contributed by atoms with Crippen LogP contribution in [-0.2, 0) is 17.6 Å². The second-order valence-corrected chi connectivity index (χ2v) is 4.61. The van der Waals surface area contributed by atoms with E-state index in [0.29, 0.717) is 13.0 Å². The molecule has 1 unspecified atom stereocenters. The smallest absolute Gasteiger partial charge is 0.303 e. The van der Waals surface area contributed by atoms with Crippen LogP contribution in [0.25, 0.3) is 0 Å². The van der Waals surface area contributed by atoms with Gasteiger partial charge in [-0.2, -0.15) is 0 Å². The minimum Gasteiger partial charge on any atom is -0.481 e. The van der Waals surface area contributed by atoms with Crippen LogP contribution in [0.4, 0.5) is 5.69 Å². The van der Waals surface area contributed by atoms with Crippen molar-refractivity contribution >= 4 is 11.7 Å². The second-order valence-electron chi connectivity index (χ2n) is 4.61. The lowest BCUT2D eigenvalue weighted by atomic mass is 9.81. The molecule has 0 aromatic heterocycles. The van der Waals surface area contributed by atoms with Crippen molar-refractivity contribution in [2.75, 3.05) is 12.3 Å². The number of hydrogen-bond donors (Lipinski definition) is 3. The summed E-state index contributed by atoms with van der Waals surface area (Å²) in [6.07, 6.45) is 1.51. The largest absolute Gasteiger partial charge is 0.481 e. The fraction of sp³-hybridized carbons (Fsp3) is 0.417. The van der Waals surface area contributed by atoms with E-state index in [1.807, 2.05) is 18.2 Å². The maximum atomic E-state index is 10.9. The lowest BCUT2D eigenvalue weighted by molar-refractivity contribution is -0.139. The molecular weight excluding hydrogens is 204 g/mol. The number of carboxylic acids is 1. The van der Waals surface area contributed by atoms with Gasteiger partial charge in [0.25, 0.3) is 0 Å². The van der Waals surface area contributed by atoms with Gasteiger partial charge < -0.3 is 16.6 Å². The Morgan fingerprint density at radius 1 is 1.44 bits per heavy atom. The van der Waals surface area contributed by atoms with Gasteiger partial charge in [0.2, 0.25) is 0 Å². The minimum absolute atomic E-state index is 0.109. The average Bonchev–Trinajstić information content (AvgIpc) is 2.58. The molecule has 1 atom stereocenters. The molecule has 1 aliphatic carbocycles. The zero-order valence-corrected chi connectivity index (χ0v) is 9.07. The molecule has 0 bridgehead atoms. The summed E-state index contributed by atoms with van der Waals surface area (Å²) in [7, 11) is 0. The Kier molecular flexibility index (Phi) is 2.59. The maximum absolute atomic E-state index is 10.9. The Balaban J connectivity index is 2.32. The molecular formula is C12H16N2O2. The van der Waals surface area contributed by atoms with Crippen molar-refractivity contribution in [2.45, 2.75) is 19.3 Å². The van der Waals surface area contributed by atoms with E-state index in [9.17, 15) is 4.79 Å². The van der Waals surface area contributed by atoms with Crippen LogP contribution >= 0.6 is 0 Å². The van der Waals surface area contributed by atoms with Crippen LogP contribution in [0.3, 0.4) is 0 Å². The molecule has 0 aliphatic heterocycles. The van der Waals surface area contributed by atoms with Crippen LogP contribution in [0, 0.1) is 5.41 Å². The molecule has 4 nitrogen and oxygen atoms in total. The van der Waals surface area contributed by atoms with E-state index in [2.05, 4.69) is 0 Å². The molecule has 1 aliphatic rings. The van der Waals surface area contributed by atoms with Crippen molar-refractivity contribution in [3.63, 3.8) is 0 Å². The first kappa shape index (κ1) is 11.0. The summed E-state index contributed by atoms with van der Waals surface area (Å²) in [6, 6.07) is 5.76. The summed E-state index contributed by atoms with van der Waals surface area (Å²) < 4.78 is 0. The first-order chi connectivity index (χ1) is 7.56. The molecule has 0 saturated heterocycles. The highest BCUT2D eigenvalue weighted by molar-refractivity contribution is 5.69. The van der Waals surface area contributed by atoms with E-state index < -0.39 is 5.97 Å². The van der Waals surface area contributed by atoms with Gasteiger partial charge in [-0.15, -0.1) is 0 Å². The van der Waals surface area contributed by atoms with Crippen molar-refractivity contribution in [3.8, 4) is 0 Å². The highest BCUT2D eigenvalue weighted by Crippen LogP contribution is 2.41. The normalized spacial score (nSPS) is 23.1. The SMILES string of the molecule is NCC1(CC(=O)O)Cc2cccc(N)c2C1. The summed E-state index contributed by atoms with van der Waals surface area (Å²) in [5.41, 5.74) is 14.3. The van der Waals surface area contributed by atoms with E-state index in [1.54, 1.807) is 0 Å². The molecule has 0 amide bonds. The molecule has 1 aromatic rings. The predicted molar refractivity (Wildman–Crippen MR) is 62.0 cm³/mol. The van der Waals surface area contributed by atoms with Gasteiger partial charge in [-0.3, -0.25) is 4.79 Å². The number of aliphatic carboxylic acids is 1. The quantitative estimate of drug-likeness (QED) is 0.657. The zero-order valence-electron chi connectivity index (χ0n) is 9.07. The van der Waals surface area contributed by atoms with Crippen LogP contribution in [0.2, 0.25) is 0 Å². The van der Waals surface area contributed by atoms with Gasteiger partial charge in [0, 0.05) is 11.1 Å². The summed E-state index contributed by atoms with van der Waals surface area (Å²) in [5.74, 6) is -0.795. The van der Waals surface area contributed by atoms with Gasteiger partial charge in [0.1, 0.15) is 0 Å². The number of anilines is 1. The van der Waals surface area contributed by atoms with Crippen molar-refractivity contribution in [2.24, 2.45) is 11.1 Å². The fourth-order valence-corrected chi connectivity index (χ4v) is 2.54. The number of rotatable bonds is 3. The van der Waals surface area contributed by atoms with Gasteiger partial charge in [0.05, 0.1) is 6.42 Å². The Bertz CT molecular complexity index is 431. The average molecular weight is 220 g/mol. The van der Waals surface area contributed by atoms with Gasteiger partial charge in [0.15, 0.2) is 0 Å². The fourth-order valence-electron chi connectivity index (χ4n) is 2.54. The van der Waals surface area contributed by atoms with Crippen molar-refractivity contribution < 1.29 is 9.90 Å². The summed E-state index contributed by atoms with van der Waals surface area (Å²) in [6.45, 7) is 0.382. The predicted octanol–water partition coefficient (Wildman–Crippen LogP) is 0.787. The molecule has 0 radical (unpaired) electrons. The number of hydrogen-bond acceptors (Lipinski definition) is 3. The number of carbonyl (C=O) groups is 1. The number of nitrogens with two attached hydrogens (primary N) is 2. The highest BCUT2D eigenvalue weighted by Gasteiger charge is 2.38. The lowest BCUT2D eigenvalue weighted by Crippen LogP contribution is -2.33. The number of carboxylic acid groups (broad SMARTS) is 1. The number of nitrogen functional groups attached to an aromatic ring is 1. The molecule has 2 rings (SSSR count). The van der Waals surface area contributed by atoms with Gasteiger partial charge in [-0.1, -0.05) is 12.1 Å². The van der Waals surface area contributed by atoms with Crippen LogP contribution in [0.1, 0.15) is 17.5 Å². The molecule has 16 heavy (non-hydrogen) atoms. The third kappa shape index (κ3) is 1.76. The summed E-state index contributed by atoms with van der Waals surface area (Å²) in [5, 5.41) is 8.93. The van der Waals surface area contributed by atoms with Gasteiger partial charge in [-0.05, 0) is 36.6 Å². The molecule has 4 heteroatoms. The number of fused-ring (bicyclic) bond motifs is 1. The first-order valence-corrected chi connectivity index (χ1v) is 5.34. The minimum atomic E-state index is -0.795. The van der Waals surface area contributed by atoms with E-state index in [4.69, 9.17) is 16.6 Å². The van der Waals surface area contributed by atoms with Crippen molar-refractivity contribution in [3.05, 3.63) is 29.3 Å². The Labute approximate surface area is 94.3 Å². The zero-order chi connectivity index (χ0) is 11.8. The third-order valence-electron chi connectivity index (χ3n) is 3.39. The van der Waals surface area contributed by atoms with Crippen LogP contribution in [0.5, 0.6) is 0 Å². The van der Waals surface area contributed by atoms with Crippen LogP contribution in [0.15, 0.2) is 18.2 Å². The van der Waals surface area contributed by atoms with Crippen LogP contribution in [-0.4, -0.2) is 17.6 Å². The molecule has 0 saturated carbocycles. The molecule has 86 valence electrons. The Hall–Kier alpha value is -1.55. The summed E-state index contributed by atoms with van der Waals surface area (Å²) in [4.78, 5) is 10.9. The molecule has 0 spiro atoms. The van der Waals surface area contributed by atoms with E-state index in [0.717, 1.165) is 23.2 Å². The van der Waals surface area contributed by atoms with Crippen molar-refractivity contribution in [1.29, 1.82) is 0 Å². The molecule has 0 heterocycles. The maximum Gasteiger partial charge on any atom is 0.303 e. The number of benzene rings is 1. The second kappa shape index (κ2) is 3.79. The summed E-state index contributed by atoms with van der Waals surface area (Å²) >= 11 is 0. The van der Waals surface area contributed by atoms with Crippen LogP contribution < -0.4 is 11.5 Å². The molecule has 5 N–H and O–H groups in total. The van der Waals surface area contributed by atoms with Gasteiger partial charge in [-0.25, -0.2) is 0 Å². The highest BCUT2D eigenvalue weighted by atomic mass is 16.4. The standard InChI is InChI=1S/C12H16N2O2/c13-7-12(6-11(15)16)4-8-2-1-3-10(14)9(8)5-12/h1-3H,4-7,13-14H2,(H,15,16). The van der Waals surface area contributed by atoms with E-state index >= 15 is 0 Å². The third-order valence-corrected chi connectivity index (χ3v) is 3.39. The van der Waals surface area contributed by atoms with Crippen molar-refractivity contribution in [1.82, 2.24) is 0 Å². The Morgan fingerprint density at radius 2 is 2.19 bits per heavy atom. The molecule has 1 aromatic carbocycles. The van der Waals surface area contributed by atoms with E-state index in [-0.39, 0.29) is 11.8 Å². The molecule has 0 fully saturated rings. The lowest BCUT2D eigenvalue weighted by Gasteiger charge is -2.24. The van der Waals surface area contributed by atoms with E-state index in [1.165, 1.54) is 0 Å². The van der Waals surface area contributed by atoms with Gasteiger partial charge >= 0.3 is 5.97 Å². The first-order valence-electron chi connectivity index (χ1n) is 5.34.